The Morgan fingerprint density at radius 2 is 1.85 bits per heavy atom. The first kappa shape index (κ1) is 17.4. The Bertz CT molecular complexity index is 924. The highest BCUT2D eigenvalue weighted by atomic mass is 35.5. The van der Waals surface area contributed by atoms with E-state index in [9.17, 15) is 4.79 Å². The smallest absolute Gasteiger partial charge is 0.290 e. The van der Waals surface area contributed by atoms with Crippen molar-refractivity contribution in [3.63, 3.8) is 0 Å². The van der Waals surface area contributed by atoms with Crippen molar-refractivity contribution in [2.45, 2.75) is 32.4 Å². The number of likely N-dealkylation sites (tertiary alicyclic amines) is 1. The van der Waals surface area contributed by atoms with Gasteiger partial charge in [-0.1, -0.05) is 41.9 Å². The number of hydrogen-bond acceptors (Lipinski definition) is 3. The van der Waals surface area contributed by atoms with Gasteiger partial charge in [0, 0.05) is 11.6 Å². The number of fused-ring (bicyclic) bond motifs is 1. The highest BCUT2D eigenvalue weighted by molar-refractivity contribution is 6.31. The van der Waals surface area contributed by atoms with Crippen LogP contribution in [0.1, 0.15) is 24.8 Å². The normalized spacial score (nSPS) is 16.3. The van der Waals surface area contributed by atoms with Crippen molar-refractivity contribution in [2.24, 2.45) is 5.92 Å². The Morgan fingerprint density at radius 3 is 2.62 bits per heavy atom. The van der Waals surface area contributed by atoms with E-state index in [-0.39, 0.29) is 5.56 Å². The van der Waals surface area contributed by atoms with Crippen molar-refractivity contribution >= 4 is 22.6 Å². The topological polar surface area (TPSA) is 38.4 Å². The summed E-state index contributed by atoms with van der Waals surface area (Å²) in [6, 6.07) is 15.8. The van der Waals surface area contributed by atoms with Gasteiger partial charge in [-0.25, -0.2) is 0 Å². The van der Waals surface area contributed by atoms with E-state index in [0.29, 0.717) is 28.5 Å². The molecular formula is C21H23ClN2O2. The van der Waals surface area contributed by atoms with Crippen LogP contribution in [0.3, 0.4) is 0 Å². The third kappa shape index (κ3) is 3.87. The molecule has 0 spiro atoms. The van der Waals surface area contributed by atoms with Crippen LogP contribution in [0.4, 0.5) is 0 Å². The van der Waals surface area contributed by atoms with E-state index in [1.54, 1.807) is 18.2 Å². The second-order valence-corrected chi connectivity index (χ2v) is 7.57. The zero-order valence-electron chi connectivity index (χ0n) is 14.7. The van der Waals surface area contributed by atoms with Crippen LogP contribution in [0.2, 0.25) is 5.02 Å². The van der Waals surface area contributed by atoms with Crippen LogP contribution >= 0.6 is 11.6 Å². The molecule has 136 valence electrons. The number of halogens is 1. The van der Waals surface area contributed by atoms with Crippen LogP contribution in [0.5, 0.6) is 0 Å². The fraction of sp³-hybridized carbons (Fsp3) is 0.381. The van der Waals surface area contributed by atoms with Crippen LogP contribution in [0.15, 0.2) is 57.8 Å². The van der Waals surface area contributed by atoms with Gasteiger partial charge < -0.3 is 4.52 Å². The van der Waals surface area contributed by atoms with E-state index >= 15 is 0 Å². The Kier molecular flexibility index (Phi) is 5.14. The third-order valence-electron chi connectivity index (χ3n) is 5.30. The minimum Gasteiger partial charge on any atom is -0.376 e. The molecule has 0 atom stereocenters. The number of aryl methyl sites for hydroxylation is 1. The van der Waals surface area contributed by atoms with E-state index in [1.807, 2.05) is 0 Å². The first-order valence-electron chi connectivity index (χ1n) is 9.25. The molecule has 0 saturated carbocycles. The number of nitrogens with zero attached hydrogens (tertiary/aromatic N) is 2. The second kappa shape index (κ2) is 7.68. The lowest BCUT2D eigenvalue weighted by Crippen LogP contribution is -2.33. The quantitative estimate of drug-likeness (QED) is 0.661. The fourth-order valence-corrected chi connectivity index (χ4v) is 3.94. The minimum absolute atomic E-state index is 0.0796. The standard InChI is InChI=1S/C21H23ClN2O2/c22-18-6-7-20-19(14-18)21(25)24(26-20)13-10-16-8-11-23(12-9-16)15-17-4-2-1-3-5-17/h1-7,14,16H,8-13,15H2. The highest BCUT2D eigenvalue weighted by Crippen LogP contribution is 2.23. The Hall–Kier alpha value is -2.04. The number of hydrogen-bond donors (Lipinski definition) is 0. The molecule has 1 aliphatic heterocycles. The van der Waals surface area contributed by atoms with Crippen LogP contribution in [0.25, 0.3) is 11.0 Å². The van der Waals surface area contributed by atoms with Crippen molar-refractivity contribution in [1.82, 2.24) is 9.64 Å². The molecule has 0 radical (unpaired) electrons. The lowest BCUT2D eigenvalue weighted by atomic mass is 9.93. The molecule has 1 aliphatic rings. The summed E-state index contributed by atoms with van der Waals surface area (Å²) in [7, 11) is 0. The molecule has 2 heterocycles. The third-order valence-corrected chi connectivity index (χ3v) is 5.54. The van der Waals surface area contributed by atoms with Crippen LogP contribution in [-0.4, -0.2) is 22.7 Å². The molecule has 0 amide bonds. The number of benzene rings is 2. The SMILES string of the molecule is O=c1c2cc(Cl)ccc2on1CCC1CCN(Cc2ccccc2)CC1. The Balaban J connectivity index is 1.31. The molecule has 0 bridgehead atoms. The number of rotatable bonds is 5. The predicted molar refractivity (Wildman–Crippen MR) is 105 cm³/mol. The molecule has 0 aliphatic carbocycles. The van der Waals surface area contributed by atoms with Crippen LogP contribution in [-0.2, 0) is 13.1 Å². The number of aromatic nitrogens is 1. The van der Waals surface area contributed by atoms with Crippen molar-refractivity contribution in [1.29, 1.82) is 0 Å². The van der Waals surface area contributed by atoms with Crippen LogP contribution < -0.4 is 5.56 Å². The van der Waals surface area contributed by atoms with Gasteiger partial charge in [0.15, 0.2) is 5.58 Å². The van der Waals surface area contributed by atoms with Crippen molar-refractivity contribution in [3.8, 4) is 0 Å². The molecule has 0 N–H and O–H groups in total. The van der Waals surface area contributed by atoms with Gasteiger partial charge in [-0.2, -0.15) is 4.74 Å². The summed E-state index contributed by atoms with van der Waals surface area (Å²) in [5.41, 5.74) is 1.90. The van der Waals surface area contributed by atoms with Gasteiger partial charge in [-0.05, 0) is 62.0 Å². The molecule has 0 unspecified atom stereocenters. The van der Waals surface area contributed by atoms with Crippen molar-refractivity contribution in [2.75, 3.05) is 13.1 Å². The van der Waals surface area contributed by atoms with Gasteiger partial charge >= 0.3 is 0 Å². The minimum atomic E-state index is -0.0796. The summed E-state index contributed by atoms with van der Waals surface area (Å²) in [4.78, 5) is 14.9. The van der Waals surface area contributed by atoms with E-state index in [0.717, 1.165) is 26.1 Å². The maximum absolute atomic E-state index is 12.4. The lowest BCUT2D eigenvalue weighted by molar-refractivity contribution is 0.159. The molecule has 3 aromatic rings. The van der Waals surface area contributed by atoms with Crippen molar-refractivity contribution in [3.05, 3.63) is 69.5 Å². The van der Waals surface area contributed by atoms with Gasteiger partial charge in [-0.3, -0.25) is 9.69 Å². The monoisotopic (exact) mass is 370 g/mol. The van der Waals surface area contributed by atoms with Crippen LogP contribution in [0, 0.1) is 5.92 Å². The highest BCUT2D eigenvalue weighted by Gasteiger charge is 2.20. The van der Waals surface area contributed by atoms with Gasteiger partial charge in [0.05, 0.1) is 11.9 Å². The van der Waals surface area contributed by atoms with Gasteiger partial charge in [0.25, 0.3) is 5.56 Å². The predicted octanol–water partition coefficient (Wildman–Crippen LogP) is 4.55. The maximum Gasteiger partial charge on any atom is 0.290 e. The lowest BCUT2D eigenvalue weighted by Gasteiger charge is -2.31. The average Bonchev–Trinajstić information content (AvgIpc) is 2.98. The van der Waals surface area contributed by atoms with Gasteiger partial charge in [0.2, 0.25) is 0 Å². The first-order chi connectivity index (χ1) is 12.7. The van der Waals surface area contributed by atoms with E-state index in [1.165, 1.54) is 23.1 Å². The van der Waals surface area contributed by atoms with Gasteiger partial charge in [-0.15, -0.1) is 0 Å². The summed E-state index contributed by atoms with van der Waals surface area (Å²) in [5, 5.41) is 1.13. The molecule has 2 aromatic carbocycles. The summed E-state index contributed by atoms with van der Waals surface area (Å²) in [6.45, 7) is 3.89. The van der Waals surface area contributed by atoms with E-state index in [2.05, 4.69) is 35.2 Å². The van der Waals surface area contributed by atoms with E-state index < -0.39 is 0 Å². The number of piperidine rings is 1. The van der Waals surface area contributed by atoms with Gasteiger partial charge in [0.1, 0.15) is 0 Å². The molecule has 1 fully saturated rings. The molecule has 4 rings (SSSR count). The first-order valence-corrected chi connectivity index (χ1v) is 9.62. The summed E-state index contributed by atoms with van der Waals surface area (Å²) >= 11 is 5.98. The Morgan fingerprint density at radius 1 is 1.08 bits per heavy atom. The fourth-order valence-electron chi connectivity index (χ4n) is 3.77. The average molecular weight is 371 g/mol. The molecule has 1 saturated heterocycles. The zero-order chi connectivity index (χ0) is 17.9. The second-order valence-electron chi connectivity index (χ2n) is 7.13. The van der Waals surface area contributed by atoms with E-state index in [4.69, 9.17) is 16.1 Å². The summed E-state index contributed by atoms with van der Waals surface area (Å²) in [6.07, 6.45) is 3.33. The molecule has 26 heavy (non-hydrogen) atoms. The molecule has 4 nitrogen and oxygen atoms in total. The zero-order valence-corrected chi connectivity index (χ0v) is 15.5. The summed E-state index contributed by atoms with van der Waals surface area (Å²) < 4.78 is 7.16. The molecular weight excluding hydrogens is 348 g/mol. The summed E-state index contributed by atoms with van der Waals surface area (Å²) in [5.74, 6) is 0.644. The molecule has 5 heteroatoms. The largest absolute Gasteiger partial charge is 0.376 e. The molecule has 1 aromatic heterocycles. The Labute approximate surface area is 157 Å². The van der Waals surface area contributed by atoms with Crippen molar-refractivity contribution < 1.29 is 4.52 Å². The maximum atomic E-state index is 12.4.